The molecule has 0 amide bonds. The van der Waals surface area contributed by atoms with E-state index in [0.29, 0.717) is 5.92 Å². The lowest BCUT2D eigenvalue weighted by atomic mass is 9.88. The number of benzene rings is 1. The van der Waals surface area contributed by atoms with E-state index >= 15 is 0 Å². The van der Waals surface area contributed by atoms with Crippen molar-refractivity contribution in [3.05, 3.63) is 66.4 Å². The highest BCUT2D eigenvalue weighted by atomic mass is 15.3. The molecule has 6 nitrogen and oxygen atoms in total. The zero-order chi connectivity index (χ0) is 20.7. The maximum Gasteiger partial charge on any atom is 0.156 e. The predicted octanol–water partition coefficient (Wildman–Crippen LogP) is 4.46. The van der Waals surface area contributed by atoms with Gasteiger partial charge < -0.3 is 4.90 Å². The second-order valence-corrected chi connectivity index (χ2v) is 8.71. The van der Waals surface area contributed by atoms with Gasteiger partial charge in [0, 0.05) is 43.7 Å². The molecule has 4 aromatic rings. The van der Waals surface area contributed by atoms with Gasteiger partial charge in [-0.3, -0.25) is 4.68 Å². The Balaban J connectivity index is 1.23. The standard InChI is InChI=1S/C24H28N6/c1-17-4-8-20(9-5-17)18(2)6-7-19-12-29(13-19)24-23-10-21(15-30(23)27-16-25-24)22-11-26-28(3)14-22/h4-5,8-11,14-16,18-19H,6-7,12-13H2,1-3H3/t18-/m1/s1. The van der Waals surface area contributed by atoms with Gasteiger partial charge in [0.2, 0.25) is 0 Å². The first-order chi connectivity index (χ1) is 14.6. The Labute approximate surface area is 177 Å². The molecular formula is C24H28N6. The van der Waals surface area contributed by atoms with Crippen LogP contribution in [0.25, 0.3) is 16.6 Å². The Morgan fingerprint density at radius 1 is 1.07 bits per heavy atom. The van der Waals surface area contributed by atoms with Crippen LogP contribution in [0.5, 0.6) is 0 Å². The zero-order valence-corrected chi connectivity index (χ0v) is 17.9. The molecule has 1 fully saturated rings. The fraction of sp³-hybridized carbons (Fsp3) is 0.375. The molecule has 0 saturated carbocycles. The zero-order valence-electron chi connectivity index (χ0n) is 17.9. The summed E-state index contributed by atoms with van der Waals surface area (Å²) < 4.78 is 3.75. The maximum atomic E-state index is 4.60. The summed E-state index contributed by atoms with van der Waals surface area (Å²) in [5.41, 5.74) is 6.05. The lowest BCUT2D eigenvalue weighted by molar-refractivity contribution is 0.362. The lowest BCUT2D eigenvalue weighted by Gasteiger charge is -2.40. The molecule has 0 N–H and O–H groups in total. The van der Waals surface area contributed by atoms with Crippen molar-refractivity contribution in [2.24, 2.45) is 13.0 Å². The number of rotatable bonds is 6. The van der Waals surface area contributed by atoms with Crippen LogP contribution < -0.4 is 4.90 Å². The van der Waals surface area contributed by atoms with Gasteiger partial charge in [0.15, 0.2) is 5.82 Å². The smallest absolute Gasteiger partial charge is 0.156 e. The van der Waals surface area contributed by atoms with Crippen LogP contribution in [-0.4, -0.2) is 37.5 Å². The van der Waals surface area contributed by atoms with Crippen LogP contribution in [0.15, 0.2) is 55.2 Å². The number of fused-ring (bicyclic) bond motifs is 1. The van der Waals surface area contributed by atoms with E-state index in [1.54, 1.807) is 6.33 Å². The summed E-state index contributed by atoms with van der Waals surface area (Å²) in [4.78, 5) is 6.98. The SMILES string of the molecule is Cc1ccc([C@H](C)CCC2CN(c3ncnn4cc(-c5cnn(C)c5)cc34)C2)cc1. The molecule has 0 aliphatic carbocycles. The van der Waals surface area contributed by atoms with Gasteiger partial charge in [0.05, 0.1) is 6.20 Å². The first kappa shape index (κ1) is 18.9. The van der Waals surface area contributed by atoms with E-state index in [0.717, 1.165) is 41.5 Å². The summed E-state index contributed by atoms with van der Waals surface area (Å²) in [6.45, 7) is 6.63. The molecule has 1 aromatic carbocycles. The van der Waals surface area contributed by atoms with E-state index in [4.69, 9.17) is 0 Å². The van der Waals surface area contributed by atoms with Gasteiger partial charge >= 0.3 is 0 Å². The van der Waals surface area contributed by atoms with E-state index in [2.05, 4.69) is 70.5 Å². The van der Waals surface area contributed by atoms with Crippen molar-refractivity contribution in [2.75, 3.05) is 18.0 Å². The largest absolute Gasteiger partial charge is 0.354 e. The molecule has 0 radical (unpaired) electrons. The van der Waals surface area contributed by atoms with Crippen LogP contribution in [0, 0.1) is 12.8 Å². The Kier molecular flexibility index (Phi) is 4.77. The average molecular weight is 401 g/mol. The summed E-state index contributed by atoms with van der Waals surface area (Å²) in [6, 6.07) is 11.1. The summed E-state index contributed by atoms with van der Waals surface area (Å²) in [5.74, 6) is 2.38. The normalized spacial score (nSPS) is 15.5. The molecule has 0 bridgehead atoms. The summed E-state index contributed by atoms with van der Waals surface area (Å²) in [7, 11) is 1.93. The molecule has 1 aliphatic rings. The second-order valence-electron chi connectivity index (χ2n) is 8.71. The van der Waals surface area contributed by atoms with Gasteiger partial charge in [0.1, 0.15) is 11.8 Å². The van der Waals surface area contributed by atoms with Crippen molar-refractivity contribution < 1.29 is 0 Å². The maximum absolute atomic E-state index is 4.60. The molecular weight excluding hydrogens is 372 g/mol. The number of hydrogen-bond acceptors (Lipinski definition) is 4. The molecule has 0 spiro atoms. The van der Waals surface area contributed by atoms with Crippen LogP contribution in [0.3, 0.4) is 0 Å². The third-order valence-corrected chi connectivity index (χ3v) is 6.33. The van der Waals surface area contributed by atoms with Crippen LogP contribution in [-0.2, 0) is 7.05 Å². The quantitative estimate of drug-likeness (QED) is 0.480. The number of hydrogen-bond donors (Lipinski definition) is 0. The van der Waals surface area contributed by atoms with E-state index in [1.165, 1.54) is 24.0 Å². The van der Waals surface area contributed by atoms with Crippen molar-refractivity contribution >= 4 is 11.3 Å². The number of anilines is 1. The molecule has 3 aromatic heterocycles. The topological polar surface area (TPSA) is 51.3 Å². The predicted molar refractivity (Wildman–Crippen MR) is 120 cm³/mol. The molecule has 5 rings (SSSR count). The van der Waals surface area contributed by atoms with Crippen LogP contribution in [0.2, 0.25) is 0 Å². The van der Waals surface area contributed by atoms with Crippen LogP contribution in [0.4, 0.5) is 5.82 Å². The van der Waals surface area contributed by atoms with Gasteiger partial charge in [-0.05, 0) is 43.2 Å². The molecule has 1 atom stereocenters. The van der Waals surface area contributed by atoms with Crippen molar-refractivity contribution in [3.8, 4) is 11.1 Å². The van der Waals surface area contributed by atoms with E-state index in [9.17, 15) is 0 Å². The summed E-state index contributed by atoms with van der Waals surface area (Å²) in [5, 5.41) is 8.69. The van der Waals surface area contributed by atoms with Crippen molar-refractivity contribution in [3.63, 3.8) is 0 Å². The van der Waals surface area contributed by atoms with Gasteiger partial charge in [-0.1, -0.05) is 36.8 Å². The monoisotopic (exact) mass is 400 g/mol. The van der Waals surface area contributed by atoms with Gasteiger partial charge in [-0.15, -0.1) is 0 Å². The molecule has 1 saturated heterocycles. The highest BCUT2D eigenvalue weighted by Gasteiger charge is 2.29. The highest BCUT2D eigenvalue weighted by Crippen LogP contribution is 2.33. The minimum atomic E-state index is 0.609. The third kappa shape index (κ3) is 3.58. The molecule has 1 aliphatic heterocycles. The second kappa shape index (κ2) is 7.59. The highest BCUT2D eigenvalue weighted by molar-refractivity contribution is 5.77. The van der Waals surface area contributed by atoms with E-state index < -0.39 is 0 Å². The minimum absolute atomic E-state index is 0.609. The summed E-state index contributed by atoms with van der Waals surface area (Å²) >= 11 is 0. The lowest BCUT2D eigenvalue weighted by Crippen LogP contribution is -2.47. The number of nitrogens with zero attached hydrogens (tertiary/aromatic N) is 6. The molecule has 4 heterocycles. The fourth-order valence-electron chi connectivity index (χ4n) is 4.36. The van der Waals surface area contributed by atoms with Crippen molar-refractivity contribution in [1.82, 2.24) is 24.4 Å². The van der Waals surface area contributed by atoms with Crippen molar-refractivity contribution in [1.29, 1.82) is 0 Å². The van der Waals surface area contributed by atoms with E-state index in [1.807, 2.05) is 28.6 Å². The fourth-order valence-corrected chi connectivity index (χ4v) is 4.36. The Hall–Kier alpha value is -3.15. The molecule has 0 unspecified atom stereocenters. The molecule has 6 heteroatoms. The Morgan fingerprint density at radius 2 is 1.87 bits per heavy atom. The first-order valence-corrected chi connectivity index (χ1v) is 10.7. The van der Waals surface area contributed by atoms with Crippen molar-refractivity contribution in [2.45, 2.75) is 32.6 Å². The molecule has 30 heavy (non-hydrogen) atoms. The van der Waals surface area contributed by atoms with Gasteiger partial charge in [-0.25, -0.2) is 9.50 Å². The first-order valence-electron chi connectivity index (χ1n) is 10.7. The Bertz CT molecular complexity index is 1150. The Morgan fingerprint density at radius 3 is 2.60 bits per heavy atom. The van der Waals surface area contributed by atoms with Crippen LogP contribution in [0.1, 0.15) is 36.8 Å². The van der Waals surface area contributed by atoms with Crippen LogP contribution >= 0.6 is 0 Å². The van der Waals surface area contributed by atoms with Gasteiger partial charge in [0.25, 0.3) is 0 Å². The average Bonchev–Trinajstić information content (AvgIpc) is 3.33. The van der Waals surface area contributed by atoms with Gasteiger partial charge in [-0.2, -0.15) is 10.2 Å². The third-order valence-electron chi connectivity index (χ3n) is 6.33. The molecule has 154 valence electrons. The minimum Gasteiger partial charge on any atom is -0.354 e. The number of aryl methyl sites for hydroxylation is 2. The summed E-state index contributed by atoms with van der Waals surface area (Å²) in [6.07, 6.45) is 10.1. The van der Waals surface area contributed by atoms with E-state index in [-0.39, 0.29) is 0 Å². The number of aromatic nitrogens is 5.